The Morgan fingerprint density at radius 3 is 2.23 bits per heavy atom. The van der Waals surface area contributed by atoms with Crippen molar-refractivity contribution < 1.29 is 24.2 Å². The lowest BCUT2D eigenvalue weighted by molar-refractivity contribution is -0.178. The molecule has 0 bridgehead atoms. The number of carbonyl (C=O) groups excluding carboxylic acids is 3. The van der Waals surface area contributed by atoms with Crippen LogP contribution in [0.15, 0.2) is 146 Å². The first-order valence-corrected chi connectivity index (χ1v) is 18.7. The number of aromatic hydroxyl groups is 1. The largest absolute Gasteiger partial charge is 0.508 e. The zero-order valence-corrected chi connectivity index (χ0v) is 31.0. The molecule has 0 saturated carbocycles. The van der Waals surface area contributed by atoms with Crippen LogP contribution >= 0.6 is 0 Å². The molecule has 3 heterocycles. The van der Waals surface area contributed by atoms with E-state index in [0.717, 1.165) is 17.7 Å². The number of ether oxygens (including phenoxy) is 1. The van der Waals surface area contributed by atoms with Crippen molar-refractivity contribution in [3.8, 4) is 17.6 Å². The minimum atomic E-state index is -1.64. The van der Waals surface area contributed by atoms with Crippen LogP contribution in [-0.2, 0) is 31.1 Å². The van der Waals surface area contributed by atoms with Gasteiger partial charge < -0.3 is 20.5 Å². The predicted octanol–water partition coefficient (Wildman–Crippen LogP) is 6.45. The fourth-order valence-electron chi connectivity index (χ4n) is 8.84. The van der Waals surface area contributed by atoms with Gasteiger partial charge in [-0.2, -0.15) is 0 Å². The summed E-state index contributed by atoms with van der Waals surface area (Å²) in [6, 6.07) is 39.0. The molecular weight excluding hydrogens is 701 g/mol. The van der Waals surface area contributed by atoms with E-state index in [0.29, 0.717) is 28.9 Å². The summed E-state index contributed by atoms with van der Waals surface area (Å²) in [7, 11) is 2.01. The van der Waals surface area contributed by atoms with Crippen LogP contribution < -0.4 is 10.6 Å². The summed E-state index contributed by atoms with van der Waals surface area (Å²) in [5.74, 6) is 3.90. The Kier molecular flexibility index (Phi) is 10.0. The molecule has 280 valence electrons. The Labute approximate surface area is 326 Å². The van der Waals surface area contributed by atoms with Gasteiger partial charge in [0.1, 0.15) is 23.3 Å². The maximum absolute atomic E-state index is 15.1. The Hall–Kier alpha value is -6.47. The van der Waals surface area contributed by atoms with Gasteiger partial charge in [-0.3, -0.25) is 24.2 Å². The fraction of sp³-hybridized carbons (Fsp3) is 0.213. The third-order valence-electron chi connectivity index (χ3n) is 11.1. The zero-order chi connectivity index (χ0) is 38.8. The molecule has 5 aromatic rings. The molecule has 3 aliphatic rings. The highest BCUT2D eigenvalue weighted by atomic mass is 16.6. The summed E-state index contributed by atoms with van der Waals surface area (Å²) in [5.41, 5.74) is 3.58. The Morgan fingerprint density at radius 1 is 0.893 bits per heavy atom. The van der Waals surface area contributed by atoms with E-state index in [9.17, 15) is 14.7 Å². The second-order valence-corrected chi connectivity index (χ2v) is 14.6. The first-order valence-electron chi connectivity index (χ1n) is 18.7. The van der Waals surface area contributed by atoms with E-state index >= 15 is 4.79 Å². The number of morpholine rings is 1. The van der Waals surface area contributed by atoms with Crippen LogP contribution in [0.25, 0.3) is 0 Å². The highest BCUT2D eigenvalue weighted by Crippen LogP contribution is 2.64. The van der Waals surface area contributed by atoms with Crippen molar-refractivity contribution in [3.63, 3.8) is 0 Å². The van der Waals surface area contributed by atoms with Gasteiger partial charge in [-0.1, -0.05) is 121 Å². The van der Waals surface area contributed by atoms with Crippen LogP contribution in [0.1, 0.15) is 51.6 Å². The molecule has 5 aromatic carbocycles. The van der Waals surface area contributed by atoms with Crippen LogP contribution in [0.2, 0.25) is 0 Å². The van der Waals surface area contributed by atoms with Gasteiger partial charge >= 0.3 is 5.97 Å². The molecule has 3 aliphatic heterocycles. The number of nitrogens with zero attached hydrogens (tertiary/aromatic N) is 2. The summed E-state index contributed by atoms with van der Waals surface area (Å²) in [5, 5.41) is 16.5. The molecule has 9 nitrogen and oxygen atoms in total. The number of amides is 2. The number of nitrogens with one attached hydrogen (secondary N) is 2. The zero-order valence-electron chi connectivity index (χ0n) is 31.0. The fourth-order valence-corrected chi connectivity index (χ4v) is 8.84. The van der Waals surface area contributed by atoms with E-state index < -0.39 is 53.3 Å². The normalized spacial score (nSPS) is 23.7. The molecule has 1 spiro atoms. The number of esters is 1. The molecule has 0 aliphatic carbocycles. The molecule has 8 rings (SSSR count). The highest BCUT2D eigenvalue weighted by molar-refractivity contribution is 6.12. The van der Waals surface area contributed by atoms with E-state index in [4.69, 9.17) is 4.74 Å². The van der Waals surface area contributed by atoms with Crippen molar-refractivity contribution in [1.29, 1.82) is 0 Å². The maximum atomic E-state index is 15.1. The summed E-state index contributed by atoms with van der Waals surface area (Å²) < 4.78 is 6.43. The van der Waals surface area contributed by atoms with Gasteiger partial charge in [0.25, 0.3) is 0 Å². The van der Waals surface area contributed by atoms with Crippen molar-refractivity contribution >= 4 is 23.5 Å². The SMILES string of the molecule is C=CCNC(=O)C1C2C(=O)OC(c3ccccc3)C(c3ccccc3)N2C(c2ccc(O)cc2)C12C(=O)Nc1ccc(C#CCN(C)Cc3ccccc3)cc12. The third-order valence-corrected chi connectivity index (χ3v) is 11.1. The number of hydrogen-bond donors (Lipinski definition) is 3. The molecule has 9 heteroatoms. The van der Waals surface area contributed by atoms with Gasteiger partial charge in [0.2, 0.25) is 11.8 Å². The Bertz CT molecular complexity index is 2320. The van der Waals surface area contributed by atoms with E-state index in [1.54, 1.807) is 30.3 Å². The smallest absolute Gasteiger partial charge is 0.324 e. The quantitative estimate of drug-likeness (QED) is 0.0905. The molecular formula is C47H42N4O5. The van der Waals surface area contributed by atoms with Crippen molar-refractivity contribution in [2.24, 2.45) is 5.92 Å². The molecule has 56 heavy (non-hydrogen) atoms. The average molecular weight is 743 g/mol. The second-order valence-electron chi connectivity index (χ2n) is 14.6. The maximum Gasteiger partial charge on any atom is 0.324 e. The molecule has 2 amide bonds. The van der Waals surface area contributed by atoms with E-state index in [-0.39, 0.29) is 12.3 Å². The van der Waals surface area contributed by atoms with Gasteiger partial charge in [-0.25, -0.2) is 0 Å². The van der Waals surface area contributed by atoms with Crippen LogP contribution in [0.3, 0.4) is 0 Å². The van der Waals surface area contributed by atoms with E-state index in [1.165, 1.54) is 5.56 Å². The minimum Gasteiger partial charge on any atom is -0.508 e. The molecule has 0 aromatic heterocycles. The summed E-state index contributed by atoms with van der Waals surface area (Å²) in [4.78, 5) is 48.8. The van der Waals surface area contributed by atoms with Crippen LogP contribution in [0.5, 0.6) is 5.75 Å². The van der Waals surface area contributed by atoms with Crippen molar-refractivity contribution in [3.05, 3.63) is 179 Å². The molecule has 2 saturated heterocycles. The number of anilines is 1. The predicted molar refractivity (Wildman–Crippen MR) is 214 cm³/mol. The topological polar surface area (TPSA) is 111 Å². The molecule has 0 radical (unpaired) electrons. The van der Waals surface area contributed by atoms with Gasteiger partial charge in [-0.15, -0.1) is 6.58 Å². The van der Waals surface area contributed by atoms with Crippen LogP contribution in [0, 0.1) is 17.8 Å². The molecule has 6 unspecified atom stereocenters. The number of carbonyl (C=O) groups is 3. The molecule has 6 atom stereocenters. The molecule has 3 N–H and O–H groups in total. The number of cyclic esters (lactones) is 1. The van der Waals surface area contributed by atoms with Crippen molar-refractivity contribution in [2.75, 3.05) is 25.5 Å². The van der Waals surface area contributed by atoms with Crippen molar-refractivity contribution in [1.82, 2.24) is 15.1 Å². The average Bonchev–Trinajstić information content (AvgIpc) is 3.70. The van der Waals surface area contributed by atoms with Crippen LogP contribution in [-0.4, -0.2) is 58.9 Å². The summed E-state index contributed by atoms with van der Waals surface area (Å²) in [6.45, 7) is 5.16. The molecule has 2 fully saturated rings. The lowest BCUT2D eigenvalue weighted by Crippen LogP contribution is -2.54. The van der Waals surface area contributed by atoms with Crippen LogP contribution in [0.4, 0.5) is 5.69 Å². The number of benzene rings is 5. The van der Waals surface area contributed by atoms with Gasteiger partial charge in [0.15, 0.2) is 0 Å². The Morgan fingerprint density at radius 2 is 1.55 bits per heavy atom. The second kappa shape index (κ2) is 15.3. The lowest BCUT2D eigenvalue weighted by Gasteiger charge is -2.46. The Balaban J connectivity index is 1.32. The van der Waals surface area contributed by atoms with E-state index in [1.807, 2.05) is 109 Å². The van der Waals surface area contributed by atoms with Crippen molar-refractivity contribution in [2.45, 2.75) is 36.2 Å². The lowest BCUT2D eigenvalue weighted by atomic mass is 9.65. The standard InChI is InChI=1S/C47H42N4O5/c1-3-27-48-44(53)39-41-45(54)56-42(34-19-11-6-12-20-34)40(33-17-9-5-10-18-33)51(41)43(35-22-24-36(52)25-23-35)47(39)37-29-31(21-26-38(37)49-46(47)55)16-13-28-50(2)30-32-14-7-4-8-15-32/h3-12,14-15,17-26,29,39-43,52H,1,27-28,30H2,2H3,(H,48,53)(H,49,55). The first kappa shape index (κ1) is 36.5. The monoisotopic (exact) mass is 742 g/mol. The minimum absolute atomic E-state index is 0.0449. The number of hydrogen-bond acceptors (Lipinski definition) is 7. The van der Waals surface area contributed by atoms with Gasteiger partial charge in [0, 0.05) is 24.3 Å². The number of phenolic OH excluding ortho intramolecular Hbond substituents is 1. The number of phenols is 1. The van der Waals surface area contributed by atoms with Gasteiger partial charge in [-0.05, 0) is 65.2 Å². The first-order chi connectivity index (χ1) is 27.3. The summed E-state index contributed by atoms with van der Waals surface area (Å²) >= 11 is 0. The highest BCUT2D eigenvalue weighted by Gasteiger charge is 2.74. The number of rotatable bonds is 9. The number of fused-ring (bicyclic) bond motifs is 3. The summed E-state index contributed by atoms with van der Waals surface area (Å²) in [6.07, 6.45) is 0.792. The van der Waals surface area contributed by atoms with Gasteiger partial charge in [0.05, 0.1) is 24.5 Å². The third kappa shape index (κ3) is 6.43. The van der Waals surface area contributed by atoms with E-state index in [2.05, 4.69) is 46.1 Å².